The SMILES string of the molecule is CN1CCN(C(=O)Cc2cn3ccsc3n2)CC1. The maximum absolute atomic E-state index is 12.1. The maximum Gasteiger partial charge on any atom is 0.228 e. The summed E-state index contributed by atoms with van der Waals surface area (Å²) in [6.07, 6.45) is 4.33. The molecule has 2 aromatic rings. The first-order valence-electron chi connectivity index (χ1n) is 6.10. The molecule has 1 amide bonds. The topological polar surface area (TPSA) is 40.9 Å². The van der Waals surface area contributed by atoms with Gasteiger partial charge in [0.1, 0.15) is 0 Å². The summed E-state index contributed by atoms with van der Waals surface area (Å²) in [6, 6.07) is 0. The Bertz CT molecular complexity index is 525. The fourth-order valence-electron chi connectivity index (χ4n) is 2.18. The van der Waals surface area contributed by atoms with Gasteiger partial charge in [0.05, 0.1) is 12.1 Å². The number of likely N-dealkylation sites (N-methyl/N-ethyl adjacent to an activating group) is 1. The minimum atomic E-state index is 0.189. The van der Waals surface area contributed by atoms with Gasteiger partial charge in [-0.1, -0.05) is 0 Å². The van der Waals surface area contributed by atoms with E-state index in [1.807, 2.05) is 27.1 Å². The van der Waals surface area contributed by atoms with Crippen molar-refractivity contribution in [2.75, 3.05) is 33.2 Å². The maximum atomic E-state index is 12.1. The summed E-state index contributed by atoms with van der Waals surface area (Å²) in [5.74, 6) is 0.189. The number of fused-ring (bicyclic) bond motifs is 1. The van der Waals surface area contributed by atoms with E-state index in [9.17, 15) is 4.79 Å². The van der Waals surface area contributed by atoms with Gasteiger partial charge >= 0.3 is 0 Å². The van der Waals surface area contributed by atoms with Gasteiger partial charge in [0.2, 0.25) is 5.91 Å². The largest absolute Gasteiger partial charge is 0.340 e. The van der Waals surface area contributed by atoms with Crippen molar-refractivity contribution < 1.29 is 4.79 Å². The van der Waals surface area contributed by atoms with Crippen molar-refractivity contribution in [3.8, 4) is 0 Å². The highest BCUT2D eigenvalue weighted by Gasteiger charge is 2.20. The number of carbonyl (C=O) groups is 1. The van der Waals surface area contributed by atoms with Crippen LogP contribution in [0, 0.1) is 0 Å². The molecule has 2 aromatic heterocycles. The van der Waals surface area contributed by atoms with Crippen molar-refractivity contribution in [1.82, 2.24) is 19.2 Å². The van der Waals surface area contributed by atoms with Crippen LogP contribution in [0.4, 0.5) is 0 Å². The number of rotatable bonds is 2. The Hall–Kier alpha value is -1.40. The van der Waals surface area contributed by atoms with E-state index in [0.29, 0.717) is 6.42 Å². The van der Waals surface area contributed by atoms with Crippen molar-refractivity contribution in [3.05, 3.63) is 23.5 Å². The molecule has 6 heteroatoms. The average molecular weight is 264 g/mol. The van der Waals surface area contributed by atoms with Gasteiger partial charge < -0.3 is 9.80 Å². The van der Waals surface area contributed by atoms with Crippen molar-refractivity contribution in [2.45, 2.75) is 6.42 Å². The van der Waals surface area contributed by atoms with Gasteiger partial charge in [0, 0.05) is 44.0 Å². The highest BCUT2D eigenvalue weighted by molar-refractivity contribution is 7.15. The number of hydrogen-bond acceptors (Lipinski definition) is 4. The van der Waals surface area contributed by atoms with Gasteiger partial charge in [-0.2, -0.15) is 0 Å². The molecule has 0 atom stereocenters. The minimum absolute atomic E-state index is 0.189. The van der Waals surface area contributed by atoms with E-state index >= 15 is 0 Å². The van der Waals surface area contributed by atoms with Crippen LogP contribution in [0.15, 0.2) is 17.8 Å². The second-order valence-electron chi connectivity index (χ2n) is 4.69. The highest BCUT2D eigenvalue weighted by Crippen LogP contribution is 2.12. The molecule has 3 heterocycles. The molecule has 96 valence electrons. The number of piperazine rings is 1. The van der Waals surface area contributed by atoms with E-state index in [2.05, 4.69) is 16.9 Å². The van der Waals surface area contributed by atoms with E-state index < -0.39 is 0 Å². The molecular weight excluding hydrogens is 248 g/mol. The van der Waals surface area contributed by atoms with Crippen LogP contribution >= 0.6 is 11.3 Å². The third-order valence-corrected chi connectivity index (χ3v) is 4.10. The molecule has 1 aliphatic heterocycles. The molecule has 0 aromatic carbocycles. The lowest BCUT2D eigenvalue weighted by molar-refractivity contribution is -0.132. The van der Waals surface area contributed by atoms with Gasteiger partial charge in [0.25, 0.3) is 0 Å². The van der Waals surface area contributed by atoms with Crippen molar-refractivity contribution >= 4 is 22.2 Å². The Morgan fingerprint density at radius 2 is 2.17 bits per heavy atom. The fourth-order valence-corrected chi connectivity index (χ4v) is 2.90. The Morgan fingerprint density at radius 3 is 2.89 bits per heavy atom. The predicted octanol–water partition coefficient (Wildman–Crippen LogP) is 0.712. The zero-order chi connectivity index (χ0) is 12.5. The number of nitrogens with zero attached hydrogens (tertiary/aromatic N) is 4. The Balaban J connectivity index is 1.65. The van der Waals surface area contributed by atoms with Gasteiger partial charge in [-0.15, -0.1) is 11.3 Å². The number of hydrogen-bond donors (Lipinski definition) is 0. The van der Waals surface area contributed by atoms with Crippen LogP contribution in [-0.4, -0.2) is 58.3 Å². The summed E-state index contributed by atoms with van der Waals surface area (Å²) in [5.41, 5.74) is 0.866. The molecule has 3 rings (SSSR count). The summed E-state index contributed by atoms with van der Waals surface area (Å²) in [6.45, 7) is 3.59. The Kier molecular flexibility index (Phi) is 3.05. The summed E-state index contributed by atoms with van der Waals surface area (Å²) in [5, 5.41) is 1.99. The molecule has 0 aliphatic carbocycles. The first-order chi connectivity index (χ1) is 8.72. The zero-order valence-corrected chi connectivity index (χ0v) is 11.2. The lowest BCUT2D eigenvalue weighted by Crippen LogP contribution is -2.47. The van der Waals surface area contributed by atoms with E-state index in [4.69, 9.17) is 0 Å². The number of imidazole rings is 1. The van der Waals surface area contributed by atoms with Gasteiger partial charge in [-0.05, 0) is 7.05 Å². The molecule has 1 fully saturated rings. The molecule has 1 aliphatic rings. The molecule has 0 bridgehead atoms. The summed E-state index contributed by atoms with van der Waals surface area (Å²) in [7, 11) is 2.09. The first kappa shape index (κ1) is 11.7. The number of thiazole rings is 1. The monoisotopic (exact) mass is 264 g/mol. The second-order valence-corrected chi connectivity index (χ2v) is 5.56. The standard InChI is InChI=1S/C12H16N4OS/c1-14-2-4-15(5-3-14)11(17)8-10-9-16-6-7-18-12(16)13-10/h6-7,9H,2-5,8H2,1H3. The van der Waals surface area contributed by atoms with Crippen molar-refractivity contribution in [2.24, 2.45) is 0 Å². The van der Waals surface area contributed by atoms with Crippen LogP contribution < -0.4 is 0 Å². The van der Waals surface area contributed by atoms with Crippen LogP contribution in [0.3, 0.4) is 0 Å². The van der Waals surface area contributed by atoms with E-state index in [-0.39, 0.29) is 5.91 Å². The van der Waals surface area contributed by atoms with E-state index in [0.717, 1.165) is 36.8 Å². The molecule has 1 saturated heterocycles. The summed E-state index contributed by atoms with van der Waals surface area (Å²) >= 11 is 1.59. The third kappa shape index (κ3) is 2.26. The molecule has 5 nitrogen and oxygen atoms in total. The molecule has 18 heavy (non-hydrogen) atoms. The lowest BCUT2D eigenvalue weighted by atomic mass is 10.2. The number of aromatic nitrogens is 2. The second kappa shape index (κ2) is 4.70. The molecule has 0 spiro atoms. The number of carbonyl (C=O) groups excluding carboxylic acids is 1. The molecule has 0 unspecified atom stereocenters. The van der Waals surface area contributed by atoms with Crippen molar-refractivity contribution in [1.29, 1.82) is 0 Å². The third-order valence-electron chi connectivity index (χ3n) is 3.33. The van der Waals surface area contributed by atoms with E-state index in [1.54, 1.807) is 11.3 Å². The molecule has 0 radical (unpaired) electrons. The van der Waals surface area contributed by atoms with Gasteiger partial charge in [-0.25, -0.2) is 4.98 Å². The number of amides is 1. The predicted molar refractivity (Wildman–Crippen MR) is 70.9 cm³/mol. The lowest BCUT2D eigenvalue weighted by Gasteiger charge is -2.32. The molecule has 0 saturated carbocycles. The quantitative estimate of drug-likeness (QED) is 0.802. The summed E-state index contributed by atoms with van der Waals surface area (Å²) < 4.78 is 1.97. The van der Waals surface area contributed by atoms with Crippen molar-refractivity contribution in [3.63, 3.8) is 0 Å². The minimum Gasteiger partial charge on any atom is -0.340 e. The molecular formula is C12H16N4OS. The van der Waals surface area contributed by atoms with E-state index in [1.165, 1.54) is 0 Å². The molecule has 0 N–H and O–H groups in total. The fraction of sp³-hybridized carbons (Fsp3) is 0.500. The Labute approximate surface area is 110 Å². The van der Waals surface area contributed by atoms with Crippen LogP contribution in [0.5, 0.6) is 0 Å². The Morgan fingerprint density at radius 1 is 1.39 bits per heavy atom. The van der Waals surface area contributed by atoms with Crippen LogP contribution in [0.1, 0.15) is 5.69 Å². The van der Waals surface area contributed by atoms with Crippen LogP contribution in [-0.2, 0) is 11.2 Å². The first-order valence-corrected chi connectivity index (χ1v) is 6.98. The van der Waals surface area contributed by atoms with Gasteiger partial charge in [0.15, 0.2) is 4.96 Å². The highest BCUT2D eigenvalue weighted by atomic mass is 32.1. The average Bonchev–Trinajstić information content (AvgIpc) is 2.90. The van der Waals surface area contributed by atoms with Crippen LogP contribution in [0.25, 0.3) is 4.96 Å². The van der Waals surface area contributed by atoms with Gasteiger partial charge in [-0.3, -0.25) is 9.20 Å². The zero-order valence-electron chi connectivity index (χ0n) is 10.4. The van der Waals surface area contributed by atoms with Crippen LogP contribution in [0.2, 0.25) is 0 Å². The smallest absolute Gasteiger partial charge is 0.228 e. The summed E-state index contributed by atoms with van der Waals surface area (Å²) in [4.78, 5) is 21.7. The normalized spacial score (nSPS) is 17.5.